The van der Waals surface area contributed by atoms with Crippen LogP contribution < -0.4 is 16.1 Å². The van der Waals surface area contributed by atoms with Crippen LogP contribution in [0.15, 0.2) is 42.5 Å². The first kappa shape index (κ1) is 39.2. The van der Waals surface area contributed by atoms with Crippen LogP contribution in [0.3, 0.4) is 0 Å². The highest BCUT2D eigenvalue weighted by Gasteiger charge is 2.61. The highest BCUT2D eigenvalue weighted by atomic mass is 35.5. The molecular formula is C37H47ClF3N5O6. The molecule has 2 aromatic carbocycles. The van der Waals surface area contributed by atoms with Gasteiger partial charge in [0.05, 0.1) is 24.3 Å². The van der Waals surface area contributed by atoms with Crippen LogP contribution in [-0.4, -0.2) is 69.5 Å². The number of nitrogens with zero attached hydrogens (tertiary/aromatic N) is 2. The SMILES string of the molecule is CCC1CC1(NC(=O)C1CC(OC(=O)N2Cc3cccc(Cl)c3C2)CN1C(=O)C(Nc1cccc(C(F)(F)F)c1)C(C)(C)C)C(=O)NOC(C)(C)C. The van der Waals surface area contributed by atoms with Gasteiger partial charge in [0.25, 0.3) is 5.91 Å². The summed E-state index contributed by atoms with van der Waals surface area (Å²) < 4.78 is 46.6. The van der Waals surface area contributed by atoms with Crippen molar-refractivity contribution < 1.29 is 41.9 Å². The molecule has 1 saturated heterocycles. The van der Waals surface area contributed by atoms with Crippen LogP contribution in [-0.2, 0) is 43.2 Å². The van der Waals surface area contributed by atoms with Crippen LogP contribution in [0.1, 0.15) is 84.4 Å². The van der Waals surface area contributed by atoms with E-state index >= 15 is 0 Å². The maximum Gasteiger partial charge on any atom is 0.416 e. The van der Waals surface area contributed by atoms with Gasteiger partial charge >= 0.3 is 12.3 Å². The number of benzene rings is 2. The van der Waals surface area contributed by atoms with Gasteiger partial charge in [-0.1, -0.05) is 63.9 Å². The summed E-state index contributed by atoms with van der Waals surface area (Å²) in [5.41, 5.74) is 0.519. The number of likely N-dealkylation sites (tertiary alicyclic amines) is 1. The minimum absolute atomic E-state index is 0.0665. The normalized spacial score (nSPS) is 23.5. The Morgan fingerprint density at radius 1 is 1.02 bits per heavy atom. The maximum absolute atomic E-state index is 14.5. The van der Waals surface area contributed by atoms with Crippen LogP contribution in [0, 0.1) is 11.3 Å². The third-order valence-corrected chi connectivity index (χ3v) is 10.1. The topological polar surface area (TPSA) is 129 Å². The van der Waals surface area contributed by atoms with Crippen molar-refractivity contribution in [2.45, 2.75) is 116 Å². The molecule has 5 rings (SSSR count). The Bertz CT molecular complexity index is 1710. The number of fused-ring (bicyclic) bond motifs is 1. The van der Waals surface area contributed by atoms with Crippen molar-refractivity contribution in [2.24, 2.45) is 11.3 Å². The number of hydrogen-bond acceptors (Lipinski definition) is 7. The lowest BCUT2D eigenvalue weighted by molar-refractivity contribution is -0.151. The van der Waals surface area contributed by atoms with Gasteiger partial charge in [0.15, 0.2) is 0 Å². The second-order valence-corrected chi connectivity index (χ2v) is 16.3. The Hall–Kier alpha value is -4.04. The molecule has 2 aromatic rings. The van der Waals surface area contributed by atoms with Crippen LogP contribution in [0.25, 0.3) is 0 Å². The summed E-state index contributed by atoms with van der Waals surface area (Å²) in [6, 6.07) is 7.67. The molecule has 0 aromatic heterocycles. The van der Waals surface area contributed by atoms with Gasteiger partial charge in [-0.05, 0) is 73.9 Å². The molecule has 0 bridgehead atoms. The van der Waals surface area contributed by atoms with Crippen LogP contribution in [0.4, 0.5) is 23.7 Å². The minimum atomic E-state index is -4.60. The second-order valence-electron chi connectivity index (χ2n) is 15.9. The number of ether oxygens (including phenoxy) is 1. The van der Waals surface area contributed by atoms with E-state index in [-0.39, 0.29) is 37.7 Å². The third-order valence-electron chi connectivity index (χ3n) is 9.71. The summed E-state index contributed by atoms with van der Waals surface area (Å²) >= 11 is 6.35. The zero-order valence-electron chi connectivity index (χ0n) is 30.4. The first-order valence-electron chi connectivity index (χ1n) is 17.4. The molecular weight excluding hydrogens is 703 g/mol. The number of alkyl halides is 3. The molecule has 1 saturated carbocycles. The molecule has 1 aliphatic carbocycles. The van der Waals surface area contributed by atoms with E-state index < -0.39 is 70.3 Å². The molecule has 284 valence electrons. The number of hydroxylamine groups is 1. The molecule has 52 heavy (non-hydrogen) atoms. The average molecular weight is 750 g/mol. The Balaban J connectivity index is 1.40. The molecule has 2 aliphatic heterocycles. The number of hydrogen-bond donors (Lipinski definition) is 3. The van der Waals surface area contributed by atoms with E-state index in [1.807, 2.05) is 13.0 Å². The molecule has 11 nitrogen and oxygen atoms in total. The van der Waals surface area contributed by atoms with Crippen LogP contribution >= 0.6 is 11.6 Å². The van der Waals surface area contributed by atoms with Gasteiger partial charge < -0.3 is 20.3 Å². The lowest BCUT2D eigenvalue weighted by Crippen LogP contribution is -2.58. The van der Waals surface area contributed by atoms with Crippen molar-refractivity contribution in [2.75, 3.05) is 11.9 Å². The second kappa shape index (κ2) is 14.4. The van der Waals surface area contributed by atoms with Gasteiger partial charge in [-0.2, -0.15) is 13.2 Å². The number of amides is 4. The standard InChI is InChI=1S/C37H47ClF3N5O6/c1-8-22-17-36(22,32(49)44-52-35(5,6)7)43-30(47)28-16-25(51-33(50)45-18-21-11-9-14-27(38)26(21)20-45)19-46(28)31(48)29(34(2,3)4)42-24-13-10-12-23(15-24)37(39,40)41/h9-15,22,25,28-29,42H,8,16-20H2,1-7H3,(H,43,47)(H,44,49). The first-order chi connectivity index (χ1) is 24.1. The predicted molar refractivity (Wildman–Crippen MR) is 188 cm³/mol. The van der Waals surface area contributed by atoms with Crippen LogP contribution in [0.5, 0.6) is 0 Å². The summed E-state index contributed by atoms with van der Waals surface area (Å²) in [5, 5.41) is 6.40. The summed E-state index contributed by atoms with van der Waals surface area (Å²) in [5.74, 6) is -1.91. The van der Waals surface area contributed by atoms with Gasteiger partial charge in [0, 0.05) is 23.7 Å². The Morgan fingerprint density at radius 3 is 2.31 bits per heavy atom. The van der Waals surface area contributed by atoms with Crippen molar-refractivity contribution in [3.05, 3.63) is 64.2 Å². The highest BCUT2D eigenvalue weighted by Crippen LogP contribution is 2.46. The van der Waals surface area contributed by atoms with E-state index in [0.717, 1.165) is 23.3 Å². The van der Waals surface area contributed by atoms with Crippen molar-refractivity contribution in [3.8, 4) is 0 Å². The number of anilines is 1. The molecule has 5 unspecified atom stereocenters. The Morgan fingerprint density at radius 2 is 1.71 bits per heavy atom. The molecule has 3 N–H and O–H groups in total. The Kier molecular flexibility index (Phi) is 10.9. The lowest BCUT2D eigenvalue weighted by atomic mass is 9.85. The van der Waals surface area contributed by atoms with Crippen LogP contribution in [0.2, 0.25) is 5.02 Å². The molecule has 3 aliphatic rings. The quantitative estimate of drug-likeness (QED) is 0.252. The van der Waals surface area contributed by atoms with Gasteiger partial charge in [-0.25, -0.2) is 10.3 Å². The van der Waals surface area contributed by atoms with Gasteiger partial charge in [0.2, 0.25) is 11.8 Å². The zero-order chi connectivity index (χ0) is 38.4. The molecule has 0 radical (unpaired) electrons. The molecule has 2 heterocycles. The van der Waals surface area contributed by atoms with E-state index in [1.54, 1.807) is 53.7 Å². The lowest BCUT2D eigenvalue weighted by Gasteiger charge is -2.36. The van der Waals surface area contributed by atoms with Gasteiger partial charge in [0.1, 0.15) is 23.7 Å². The fraction of sp³-hybridized carbons (Fsp3) is 0.568. The molecule has 5 atom stereocenters. The van der Waals surface area contributed by atoms with Crippen molar-refractivity contribution in [3.63, 3.8) is 0 Å². The zero-order valence-corrected chi connectivity index (χ0v) is 31.2. The van der Waals surface area contributed by atoms with E-state index in [0.29, 0.717) is 17.9 Å². The van der Waals surface area contributed by atoms with Gasteiger partial charge in [-0.15, -0.1) is 0 Å². The fourth-order valence-electron chi connectivity index (χ4n) is 6.77. The van der Waals surface area contributed by atoms with E-state index in [9.17, 15) is 32.3 Å². The Labute approximate surface area is 306 Å². The number of carbonyl (C=O) groups is 4. The van der Waals surface area contributed by atoms with Crippen molar-refractivity contribution >= 4 is 41.1 Å². The monoisotopic (exact) mass is 749 g/mol. The molecule has 0 spiro atoms. The summed E-state index contributed by atoms with van der Waals surface area (Å²) in [4.78, 5) is 63.8. The minimum Gasteiger partial charge on any atom is -0.444 e. The van der Waals surface area contributed by atoms with Gasteiger partial charge in [-0.3, -0.25) is 24.1 Å². The van der Waals surface area contributed by atoms with E-state index in [1.165, 1.54) is 21.9 Å². The number of carbonyl (C=O) groups excluding carboxylic acids is 4. The fourth-order valence-corrected chi connectivity index (χ4v) is 7.03. The number of halogens is 4. The van der Waals surface area contributed by atoms with E-state index in [2.05, 4.69) is 16.1 Å². The number of rotatable bonds is 9. The number of nitrogens with one attached hydrogen (secondary N) is 3. The molecule has 4 amide bonds. The van der Waals surface area contributed by atoms with Crippen molar-refractivity contribution in [1.29, 1.82) is 0 Å². The van der Waals surface area contributed by atoms with E-state index in [4.69, 9.17) is 21.2 Å². The molecule has 15 heteroatoms. The summed E-state index contributed by atoms with van der Waals surface area (Å²) in [6.07, 6.45) is -5.29. The molecule has 2 fully saturated rings. The predicted octanol–water partition coefficient (Wildman–Crippen LogP) is 6.44. The third kappa shape index (κ3) is 8.60. The summed E-state index contributed by atoms with van der Waals surface area (Å²) in [6.45, 7) is 12.8. The highest BCUT2D eigenvalue weighted by molar-refractivity contribution is 6.31. The summed E-state index contributed by atoms with van der Waals surface area (Å²) in [7, 11) is 0. The average Bonchev–Trinajstić information content (AvgIpc) is 3.35. The maximum atomic E-state index is 14.5. The smallest absolute Gasteiger partial charge is 0.416 e. The first-order valence-corrected chi connectivity index (χ1v) is 17.8. The van der Waals surface area contributed by atoms with Crippen molar-refractivity contribution in [1.82, 2.24) is 20.6 Å². The largest absolute Gasteiger partial charge is 0.444 e.